The van der Waals surface area contributed by atoms with Crippen LogP contribution in [0.3, 0.4) is 0 Å². The van der Waals surface area contributed by atoms with Gasteiger partial charge in [-0.1, -0.05) is 0 Å². The van der Waals surface area contributed by atoms with Gasteiger partial charge >= 0.3 is 0 Å². The van der Waals surface area contributed by atoms with E-state index < -0.39 is 11.6 Å². The number of aliphatic hydroxyl groups is 2. The predicted molar refractivity (Wildman–Crippen MR) is 51.1 cm³/mol. The zero-order valence-corrected chi connectivity index (χ0v) is 9.09. The molecule has 0 bridgehead atoms. The molecule has 0 amide bonds. The summed E-state index contributed by atoms with van der Waals surface area (Å²) >= 11 is 0. The average molecular weight is 191 g/mol. The van der Waals surface area contributed by atoms with Crippen LogP contribution in [0.5, 0.6) is 0 Å². The summed E-state index contributed by atoms with van der Waals surface area (Å²) in [5, 5.41) is 18.5. The molecule has 0 radical (unpaired) electrons. The van der Waals surface area contributed by atoms with Crippen LogP contribution in [-0.4, -0.2) is 34.1 Å². The van der Waals surface area contributed by atoms with Gasteiger partial charge in [0.25, 0.3) is 0 Å². The summed E-state index contributed by atoms with van der Waals surface area (Å²) < 4.78 is 0. The molecule has 1 atom stereocenters. The van der Waals surface area contributed by atoms with E-state index in [1.165, 1.54) is 0 Å². The van der Waals surface area contributed by atoms with Gasteiger partial charge in [0, 0.05) is 0 Å². The first-order chi connectivity index (χ1) is 5.67. The van der Waals surface area contributed by atoms with Crippen LogP contribution in [0, 0.1) is 0 Å². The summed E-state index contributed by atoms with van der Waals surface area (Å²) in [6, 6.07) is -0.480. The Kier molecular flexibility index (Phi) is 4.32. The van der Waals surface area contributed by atoms with Crippen LogP contribution < -0.4 is 5.48 Å². The number of hydrogen-bond donors (Lipinski definition) is 3. The predicted octanol–water partition coefficient (Wildman–Crippen LogP) is 0.438. The van der Waals surface area contributed by atoms with Crippen LogP contribution in [0.1, 0.15) is 34.6 Å². The van der Waals surface area contributed by atoms with Crippen molar-refractivity contribution in [2.75, 3.05) is 6.61 Å². The van der Waals surface area contributed by atoms with Crippen molar-refractivity contribution in [3.05, 3.63) is 0 Å². The highest BCUT2D eigenvalue weighted by Crippen LogP contribution is 2.11. The molecule has 0 heterocycles. The van der Waals surface area contributed by atoms with Crippen LogP contribution in [0.2, 0.25) is 0 Å². The largest absolute Gasteiger partial charge is 0.395 e. The minimum Gasteiger partial charge on any atom is -0.395 e. The summed E-state index contributed by atoms with van der Waals surface area (Å²) in [6.45, 7) is 8.73. The molecule has 0 aliphatic carbocycles. The van der Waals surface area contributed by atoms with Gasteiger partial charge in [-0.25, -0.2) is 0 Å². The highest BCUT2D eigenvalue weighted by molar-refractivity contribution is 4.80. The number of hydroxylamine groups is 1. The first-order valence-corrected chi connectivity index (χ1v) is 4.43. The molecule has 4 heteroatoms. The molecule has 3 N–H and O–H groups in total. The summed E-state index contributed by atoms with van der Waals surface area (Å²) in [7, 11) is 0. The number of rotatable bonds is 4. The third-order valence-corrected chi connectivity index (χ3v) is 1.54. The topological polar surface area (TPSA) is 61.7 Å². The van der Waals surface area contributed by atoms with Gasteiger partial charge in [-0.2, -0.15) is 5.48 Å². The van der Waals surface area contributed by atoms with Crippen LogP contribution in [0.25, 0.3) is 0 Å². The van der Waals surface area contributed by atoms with E-state index in [1.54, 1.807) is 13.8 Å². The van der Waals surface area contributed by atoms with Crippen molar-refractivity contribution in [2.24, 2.45) is 0 Å². The van der Waals surface area contributed by atoms with Crippen LogP contribution in [-0.2, 0) is 4.84 Å². The van der Waals surface area contributed by atoms with Crippen LogP contribution in [0.4, 0.5) is 0 Å². The van der Waals surface area contributed by atoms with Gasteiger partial charge in [0.05, 0.1) is 23.9 Å². The molecule has 1 unspecified atom stereocenters. The van der Waals surface area contributed by atoms with E-state index in [0.29, 0.717) is 0 Å². The second kappa shape index (κ2) is 4.37. The summed E-state index contributed by atoms with van der Waals surface area (Å²) in [5.74, 6) is 0. The van der Waals surface area contributed by atoms with Gasteiger partial charge in [-0.3, -0.25) is 4.84 Å². The maximum Gasteiger partial charge on any atom is 0.0834 e. The Hall–Kier alpha value is -0.160. The SMILES string of the molecule is CC(C)(C)ONC(CO)C(C)(C)O. The lowest BCUT2D eigenvalue weighted by Gasteiger charge is -2.31. The molecule has 0 aromatic carbocycles. The molecule has 0 saturated carbocycles. The van der Waals surface area contributed by atoms with Crippen molar-refractivity contribution >= 4 is 0 Å². The fourth-order valence-corrected chi connectivity index (χ4v) is 0.653. The first kappa shape index (κ1) is 12.8. The van der Waals surface area contributed by atoms with Crippen molar-refractivity contribution in [3.8, 4) is 0 Å². The molecule has 0 aromatic heterocycles. The van der Waals surface area contributed by atoms with Gasteiger partial charge in [-0.15, -0.1) is 0 Å². The maximum atomic E-state index is 9.57. The molecule has 0 spiro atoms. The Morgan fingerprint density at radius 2 is 1.69 bits per heavy atom. The number of aliphatic hydroxyl groups excluding tert-OH is 1. The van der Waals surface area contributed by atoms with Crippen molar-refractivity contribution in [2.45, 2.75) is 51.9 Å². The number of nitrogens with one attached hydrogen (secondary N) is 1. The normalized spacial score (nSPS) is 15.9. The zero-order chi connectivity index (χ0) is 10.7. The standard InChI is InChI=1S/C9H21NO3/c1-8(2,3)13-10-7(6-11)9(4,5)12/h7,10-12H,6H2,1-5H3. The lowest BCUT2D eigenvalue weighted by atomic mass is 10.0. The Morgan fingerprint density at radius 3 is 1.92 bits per heavy atom. The van der Waals surface area contributed by atoms with Crippen LogP contribution >= 0.6 is 0 Å². The molecule has 13 heavy (non-hydrogen) atoms. The van der Waals surface area contributed by atoms with Gasteiger partial charge in [0.1, 0.15) is 0 Å². The van der Waals surface area contributed by atoms with E-state index in [0.717, 1.165) is 0 Å². The Balaban J connectivity index is 4.02. The number of hydrogen-bond acceptors (Lipinski definition) is 4. The van der Waals surface area contributed by atoms with E-state index in [4.69, 9.17) is 9.94 Å². The molecule has 0 aromatic rings. The quantitative estimate of drug-likeness (QED) is 0.564. The van der Waals surface area contributed by atoms with E-state index in [-0.39, 0.29) is 12.2 Å². The fraction of sp³-hybridized carbons (Fsp3) is 1.00. The van der Waals surface area contributed by atoms with E-state index in [1.807, 2.05) is 20.8 Å². The third kappa shape index (κ3) is 5.99. The monoisotopic (exact) mass is 191 g/mol. The minimum absolute atomic E-state index is 0.167. The van der Waals surface area contributed by atoms with Gasteiger partial charge in [-0.05, 0) is 34.6 Å². The van der Waals surface area contributed by atoms with Crippen LogP contribution in [0.15, 0.2) is 0 Å². The summed E-state index contributed by atoms with van der Waals surface area (Å²) in [5.41, 5.74) is 1.31. The minimum atomic E-state index is -1.00. The molecule has 0 aliphatic heterocycles. The molecule has 0 saturated heterocycles. The van der Waals surface area contributed by atoms with Gasteiger partial charge in [0.2, 0.25) is 0 Å². The highest BCUT2D eigenvalue weighted by atomic mass is 16.7. The third-order valence-electron chi connectivity index (χ3n) is 1.54. The molecule has 0 rings (SSSR count). The van der Waals surface area contributed by atoms with E-state index in [9.17, 15) is 5.11 Å². The van der Waals surface area contributed by atoms with E-state index >= 15 is 0 Å². The lowest BCUT2D eigenvalue weighted by molar-refractivity contribution is -0.129. The Labute approximate surface area is 79.9 Å². The second-order valence-electron chi connectivity index (χ2n) is 4.72. The molecular formula is C9H21NO3. The first-order valence-electron chi connectivity index (χ1n) is 4.43. The lowest BCUT2D eigenvalue weighted by Crippen LogP contribution is -2.51. The second-order valence-corrected chi connectivity index (χ2v) is 4.72. The van der Waals surface area contributed by atoms with Crippen molar-refractivity contribution in [3.63, 3.8) is 0 Å². The maximum absolute atomic E-state index is 9.57. The van der Waals surface area contributed by atoms with E-state index in [2.05, 4.69) is 5.48 Å². The van der Waals surface area contributed by atoms with Crippen molar-refractivity contribution in [1.29, 1.82) is 0 Å². The molecule has 0 aliphatic rings. The molecule has 80 valence electrons. The van der Waals surface area contributed by atoms with Crippen molar-refractivity contribution < 1.29 is 15.1 Å². The van der Waals surface area contributed by atoms with Gasteiger partial charge < -0.3 is 10.2 Å². The summed E-state index contributed by atoms with van der Waals surface area (Å²) in [6.07, 6.45) is 0. The highest BCUT2D eigenvalue weighted by Gasteiger charge is 2.27. The average Bonchev–Trinajstić information content (AvgIpc) is 1.82. The molecular weight excluding hydrogens is 170 g/mol. The Morgan fingerprint density at radius 1 is 1.23 bits per heavy atom. The zero-order valence-electron chi connectivity index (χ0n) is 9.09. The van der Waals surface area contributed by atoms with Gasteiger partial charge in [0.15, 0.2) is 0 Å². The fourth-order valence-electron chi connectivity index (χ4n) is 0.653. The summed E-state index contributed by atoms with van der Waals surface area (Å²) in [4.78, 5) is 5.24. The van der Waals surface area contributed by atoms with Crippen molar-refractivity contribution in [1.82, 2.24) is 5.48 Å². The molecule has 0 fully saturated rings. The molecule has 4 nitrogen and oxygen atoms in total. The Bertz CT molecular complexity index is 146. The smallest absolute Gasteiger partial charge is 0.0834 e.